The molecule has 1 rings (SSSR count). The van der Waals surface area contributed by atoms with Crippen LogP contribution in [0.3, 0.4) is 0 Å². The number of allylic oxidation sites excluding steroid dienone is 3. The zero-order valence-electron chi connectivity index (χ0n) is 15.2. The van der Waals surface area contributed by atoms with Crippen LogP contribution >= 0.6 is 0 Å². The van der Waals surface area contributed by atoms with Crippen LogP contribution in [0.25, 0.3) is 0 Å². The maximum Gasteiger partial charge on any atom is 0.313 e. The fourth-order valence-corrected chi connectivity index (χ4v) is 1.98. The van der Waals surface area contributed by atoms with Crippen molar-refractivity contribution in [1.29, 1.82) is 0 Å². The predicted molar refractivity (Wildman–Crippen MR) is 94.4 cm³/mol. The number of hydrogen-bond donors (Lipinski definition) is 0. The molecule has 0 N–H and O–H groups in total. The Labute approximate surface area is 149 Å². The van der Waals surface area contributed by atoms with E-state index in [1.807, 2.05) is 13.0 Å². The van der Waals surface area contributed by atoms with E-state index in [-0.39, 0.29) is 23.8 Å². The summed E-state index contributed by atoms with van der Waals surface area (Å²) in [6, 6.07) is 0. The summed E-state index contributed by atoms with van der Waals surface area (Å²) < 4.78 is 14.7. The molecule has 0 radical (unpaired) electrons. The van der Waals surface area contributed by atoms with Crippen LogP contribution in [0.1, 0.15) is 46.5 Å². The van der Waals surface area contributed by atoms with Gasteiger partial charge in [-0.2, -0.15) is 0 Å². The van der Waals surface area contributed by atoms with E-state index >= 15 is 0 Å². The fraction of sp³-hybridized carbons (Fsp3) is 0.526. The van der Waals surface area contributed by atoms with Gasteiger partial charge in [-0.25, -0.2) is 0 Å². The molecule has 6 nitrogen and oxygen atoms in total. The third-order valence-electron chi connectivity index (χ3n) is 3.16. The highest BCUT2D eigenvalue weighted by atomic mass is 16.6. The van der Waals surface area contributed by atoms with E-state index in [2.05, 4.69) is 11.3 Å². The number of unbranched alkanes of at least 4 members (excludes halogenated alkanes) is 1. The second-order valence-electron chi connectivity index (χ2n) is 5.38. The highest BCUT2D eigenvalue weighted by molar-refractivity contribution is 5.75. The average Bonchev–Trinajstić information content (AvgIpc) is 2.55. The van der Waals surface area contributed by atoms with E-state index in [1.165, 1.54) is 26.2 Å². The summed E-state index contributed by atoms with van der Waals surface area (Å²) in [5, 5.41) is 0. The van der Waals surface area contributed by atoms with E-state index in [0.29, 0.717) is 13.0 Å². The van der Waals surface area contributed by atoms with Crippen molar-refractivity contribution >= 4 is 17.9 Å². The van der Waals surface area contributed by atoms with Crippen molar-refractivity contribution in [3.8, 4) is 0 Å². The first kappa shape index (κ1) is 22.6. The number of ether oxygens (including phenoxy) is 3. The number of hydrogen-bond acceptors (Lipinski definition) is 6. The summed E-state index contributed by atoms with van der Waals surface area (Å²) in [5.74, 6) is -1.29. The highest BCUT2D eigenvalue weighted by Gasteiger charge is 2.31. The molecule has 1 aliphatic carbocycles. The Hall–Kier alpha value is -2.37. The number of carbonyl (C=O) groups excluding carboxylic acids is 3. The van der Waals surface area contributed by atoms with Gasteiger partial charge in [0.05, 0.1) is 18.8 Å². The minimum Gasteiger partial charge on any atom is -0.465 e. The van der Waals surface area contributed by atoms with Crippen LogP contribution in [0.15, 0.2) is 37.1 Å². The molecule has 25 heavy (non-hydrogen) atoms. The minimum atomic E-state index is -0.463. The van der Waals surface area contributed by atoms with Crippen molar-refractivity contribution < 1.29 is 28.6 Å². The first-order valence-electron chi connectivity index (χ1n) is 8.37. The van der Waals surface area contributed by atoms with Gasteiger partial charge < -0.3 is 14.2 Å². The molecule has 0 aliphatic heterocycles. The van der Waals surface area contributed by atoms with Crippen LogP contribution in [0.4, 0.5) is 0 Å². The third-order valence-corrected chi connectivity index (χ3v) is 3.16. The minimum absolute atomic E-state index is 0.256. The van der Waals surface area contributed by atoms with Crippen LogP contribution in [0.5, 0.6) is 0 Å². The molecule has 2 unspecified atom stereocenters. The molecule has 0 aromatic rings. The van der Waals surface area contributed by atoms with Crippen molar-refractivity contribution in [1.82, 2.24) is 0 Å². The van der Waals surface area contributed by atoms with Gasteiger partial charge in [0, 0.05) is 13.8 Å². The normalized spacial score (nSPS) is 18.7. The van der Waals surface area contributed by atoms with Crippen LogP contribution in [0, 0.1) is 5.92 Å². The number of esters is 3. The van der Waals surface area contributed by atoms with E-state index in [1.54, 1.807) is 12.2 Å². The summed E-state index contributed by atoms with van der Waals surface area (Å²) in [4.78, 5) is 32.8. The second-order valence-corrected chi connectivity index (χ2v) is 5.38. The molecule has 0 spiro atoms. The van der Waals surface area contributed by atoms with Crippen molar-refractivity contribution in [2.75, 3.05) is 6.61 Å². The molecule has 0 amide bonds. The molecule has 2 atom stereocenters. The third kappa shape index (κ3) is 11.8. The second kappa shape index (κ2) is 14.0. The van der Waals surface area contributed by atoms with Crippen molar-refractivity contribution in [3.63, 3.8) is 0 Å². The topological polar surface area (TPSA) is 78.9 Å². The van der Waals surface area contributed by atoms with Gasteiger partial charge in [-0.05, 0) is 31.4 Å². The Bertz CT molecular complexity index is 492. The summed E-state index contributed by atoms with van der Waals surface area (Å²) in [7, 11) is 0. The Balaban J connectivity index is 0.000000609. The molecule has 0 fully saturated rings. The molecule has 0 saturated carbocycles. The van der Waals surface area contributed by atoms with Crippen LogP contribution in [-0.2, 0) is 28.6 Å². The van der Waals surface area contributed by atoms with E-state index < -0.39 is 6.10 Å². The maximum absolute atomic E-state index is 11.8. The van der Waals surface area contributed by atoms with Gasteiger partial charge in [0.15, 0.2) is 0 Å². The molecular weight excluding hydrogens is 324 g/mol. The van der Waals surface area contributed by atoms with Gasteiger partial charge >= 0.3 is 17.9 Å². The lowest BCUT2D eigenvalue weighted by molar-refractivity contribution is -0.158. The van der Waals surface area contributed by atoms with Crippen LogP contribution in [-0.4, -0.2) is 30.6 Å². The van der Waals surface area contributed by atoms with Crippen molar-refractivity contribution in [2.45, 2.75) is 52.6 Å². The van der Waals surface area contributed by atoms with E-state index in [4.69, 9.17) is 9.47 Å². The summed E-state index contributed by atoms with van der Waals surface area (Å²) in [6.07, 6.45) is 11.0. The van der Waals surface area contributed by atoms with E-state index in [0.717, 1.165) is 19.3 Å². The van der Waals surface area contributed by atoms with Crippen LogP contribution in [0.2, 0.25) is 0 Å². The highest BCUT2D eigenvalue weighted by Crippen LogP contribution is 2.23. The lowest BCUT2D eigenvalue weighted by Gasteiger charge is -2.25. The first-order valence-corrected chi connectivity index (χ1v) is 8.37. The predicted octanol–water partition coefficient (Wildman–Crippen LogP) is 3.48. The zero-order valence-corrected chi connectivity index (χ0v) is 15.2. The number of carbonyl (C=O) groups is 3. The molecular formula is C19H28O6. The maximum atomic E-state index is 11.8. The Kier molecular flexibility index (Phi) is 12.7. The Morgan fingerprint density at radius 2 is 1.96 bits per heavy atom. The largest absolute Gasteiger partial charge is 0.465 e. The average molecular weight is 352 g/mol. The molecule has 0 heterocycles. The molecule has 140 valence electrons. The molecule has 0 aromatic heterocycles. The van der Waals surface area contributed by atoms with Gasteiger partial charge in [-0.15, -0.1) is 0 Å². The number of rotatable bonds is 7. The first-order chi connectivity index (χ1) is 11.9. The van der Waals surface area contributed by atoms with Crippen molar-refractivity contribution in [3.05, 3.63) is 37.1 Å². The summed E-state index contributed by atoms with van der Waals surface area (Å²) >= 11 is 0. The van der Waals surface area contributed by atoms with Crippen LogP contribution < -0.4 is 0 Å². The zero-order chi connectivity index (χ0) is 19.1. The van der Waals surface area contributed by atoms with Gasteiger partial charge in [0.1, 0.15) is 6.10 Å². The molecule has 6 heteroatoms. The van der Waals surface area contributed by atoms with E-state index in [9.17, 15) is 14.4 Å². The molecule has 0 aromatic carbocycles. The molecule has 0 saturated heterocycles. The van der Waals surface area contributed by atoms with Gasteiger partial charge in [-0.1, -0.05) is 32.1 Å². The van der Waals surface area contributed by atoms with Gasteiger partial charge in [0.25, 0.3) is 0 Å². The Morgan fingerprint density at radius 3 is 2.52 bits per heavy atom. The lowest BCUT2D eigenvalue weighted by atomic mass is 9.91. The SMILES string of the molecule is C=CC=COC(C)=O.CCCCOC(=O)C1CCC=CC1OC(C)=O. The lowest BCUT2D eigenvalue weighted by Crippen LogP contribution is -2.33. The Morgan fingerprint density at radius 1 is 1.24 bits per heavy atom. The molecule has 0 bridgehead atoms. The fourth-order valence-electron chi connectivity index (χ4n) is 1.98. The smallest absolute Gasteiger partial charge is 0.313 e. The van der Waals surface area contributed by atoms with Gasteiger partial charge in [0.2, 0.25) is 0 Å². The quantitative estimate of drug-likeness (QED) is 0.174. The van der Waals surface area contributed by atoms with Gasteiger partial charge in [-0.3, -0.25) is 14.4 Å². The molecule has 1 aliphatic rings. The van der Waals surface area contributed by atoms with Crippen molar-refractivity contribution in [2.24, 2.45) is 5.92 Å². The summed E-state index contributed by atoms with van der Waals surface area (Å²) in [5.41, 5.74) is 0. The summed E-state index contributed by atoms with van der Waals surface area (Å²) in [6.45, 7) is 8.56. The standard InChI is InChI=1S/C13H20O4.C6H8O2/c1-3-4-9-16-13(15)11-7-5-6-8-12(11)17-10(2)14;1-3-4-5-8-6(2)7/h6,8,11-12H,3-5,7,9H2,1-2H3;3-5H,1H2,2H3. The monoisotopic (exact) mass is 352 g/mol.